The van der Waals surface area contributed by atoms with Crippen molar-refractivity contribution in [1.29, 1.82) is 0 Å². The van der Waals surface area contributed by atoms with Crippen LogP contribution in [-0.2, 0) is 11.3 Å². The van der Waals surface area contributed by atoms with Crippen LogP contribution in [0.4, 0.5) is 11.5 Å². The number of rotatable bonds is 8. The molecule has 0 radical (unpaired) electrons. The van der Waals surface area contributed by atoms with Gasteiger partial charge in [-0.3, -0.25) is 9.69 Å². The number of aromatic nitrogens is 2. The number of amides is 1. The lowest BCUT2D eigenvalue weighted by atomic mass is 10.2. The summed E-state index contributed by atoms with van der Waals surface area (Å²) >= 11 is 7.77. The van der Waals surface area contributed by atoms with Gasteiger partial charge in [-0.25, -0.2) is 9.97 Å². The molecule has 1 heterocycles. The first-order valence-electron chi connectivity index (χ1n) is 7.33. The molecule has 1 N–H and O–H groups in total. The SMILES string of the molecule is CCCSc1nc(Cl)c(NC)c(N(C=O)Cc2ccccc2)n1. The van der Waals surface area contributed by atoms with Crippen LogP contribution >= 0.6 is 23.4 Å². The van der Waals surface area contributed by atoms with E-state index in [2.05, 4.69) is 22.2 Å². The van der Waals surface area contributed by atoms with E-state index in [1.807, 2.05) is 30.3 Å². The van der Waals surface area contributed by atoms with Gasteiger partial charge in [-0.2, -0.15) is 0 Å². The van der Waals surface area contributed by atoms with Gasteiger partial charge in [-0.15, -0.1) is 0 Å². The van der Waals surface area contributed by atoms with Crippen molar-refractivity contribution in [3.63, 3.8) is 0 Å². The van der Waals surface area contributed by atoms with Gasteiger partial charge in [-0.1, -0.05) is 60.6 Å². The van der Waals surface area contributed by atoms with Gasteiger partial charge in [-0.05, 0) is 12.0 Å². The summed E-state index contributed by atoms with van der Waals surface area (Å²) in [4.78, 5) is 21.9. The molecule has 0 spiro atoms. The molecule has 7 heteroatoms. The van der Waals surface area contributed by atoms with Crippen LogP contribution in [0.3, 0.4) is 0 Å². The Morgan fingerprint density at radius 3 is 2.65 bits per heavy atom. The topological polar surface area (TPSA) is 58.1 Å². The summed E-state index contributed by atoms with van der Waals surface area (Å²) in [5.74, 6) is 1.39. The molecular weight excluding hydrogens is 332 g/mol. The molecule has 2 aromatic rings. The highest BCUT2D eigenvalue weighted by Crippen LogP contribution is 2.32. The fourth-order valence-corrected chi connectivity index (χ4v) is 3.03. The fraction of sp³-hybridized carbons (Fsp3) is 0.312. The Balaban J connectivity index is 2.36. The number of nitrogens with one attached hydrogen (secondary N) is 1. The Labute approximate surface area is 145 Å². The summed E-state index contributed by atoms with van der Waals surface area (Å²) in [7, 11) is 1.73. The Morgan fingerprint density at radius 1 is 1.30 bits per heavy atom. The predicted octanol–water partition coefficient (Wildman–Crippen LogP) is 3.84. The summed E-state index contributed by atoms with van der Waals surface area (Å²) < 4.78 is 0. The molecule has 0 bridgehead atoms. The molecule has 2 rings (SSSR count). The molecule has 5 nitrogen and oxygen atoms in total. The molecule has 0 saturated heterocycles. The second kappa shape index (κ2) is 8.74. The minimum atomic E-state index is 0.316. The average molecular weight is 351 g/mol. The van der Waals surface area contributed by atoms with Crippen LogP contribution in [0.1, 0.15) is 18.9 Å². The number of carbonyl (C=O) groups excluding carboxylic acids is 1. The zero-order valence-corrected chi connectivity index (χ0v) is 14.7. The maximum atomic E-state index is 11.6. The second-order valence-electron chi connectivity index (χ2n) is 4.81. The molecule has 1 aromatic carbocycles. The molecule has 0 aliphatic heterocycles. The van der Waals surface area contributed by atoms with Gasteiger partial charge in [0.15, 0.2) is 16.1 Å². The summed E-state index contributed by atoms with van der Waals surface area (Å²) in [6, 6.07) is 9.74. The number of benzene rings is 1. The summed E-state index contributed by atoms with van der Waals surface area (Å²) in [6.45, 7) is 2.51. The number of anilines is 2. The van der Waals surface area contributed by atoms with Gasteiger partial charge in [0.25, 0.3) is 0 Å². The van der Waals surface area contributed by atoms with Gasteiger partial charge >= 0.3 is 0 Å². The molecule has 23 heavy (non-hydrogen) atoms. The standard InChI is InChI=1S/C16H19ClN4OS/c1-3-9-23-16-19-14(17)13(18-2)15(20-16)21(11-22)10-12-7-5-4-6-8-12/h4-8,11,18H,3,9-10H2,1-2H3. The van der Waals surface area contributed by atoms with Crippen molar-refractivity contribution in [2.75, 3.05) is 23.0 Å². The third-order valence-electron chi connectivity index (χ3n) is 3.11. The summed E-state index contributed by atoms with van der Waals surface area (Å²) in [5.41, 5.74) is 1.56. The van der Waals surface area contributed by atoms with Gasteiger partial charge in [0.1, 0.15) is 5.69 Å². The fourth-order valence-electron chi connectivity index (χ4n) is 2.03. The average Bonchev–Trinajstić information content (AvgIpc) is 2.58. The second-order valence-corrected chi connectivity index (χ2v) is 6.23. The van der Waals surface area contributed by atoms with E-state index in [4.69, 9.17) is 11.6 Å². The maximum Gasteiger partial charge on any atom is 0.215 e. The zero-order chi connectivity index (χ0) is 16.7. The van der Waals surface area contributed by atoms with Crippen LogP contribution < -0.4 is 10.2 Å². The highest BCUT2D eigenvalue weighted by molar-refractivity contribution is 7.99. The molecule has 0 aliphatic rings. The lowest BCUT2D eigenvalue weighted by Crippen LogP contribution is -2.23. The highest BCUT2D eigenvalue weighted by atomic mass is 35.5. The van der Waals surface area contributed by atoms with E-state index in [0.29, 0.717) is 28.4 Å². The maximum absolute atomic E-state index is 11.6. The monoisotopic (exact) mass is 350 g/mol. The number of thioether (sulfide) groups is 1. The molecular formula is C16H19ClN4OS. The largest absolute Gasteiger partial charge is 0.383 e. The van der Waals surface area contributed by atoms with E-state index in [9.17, 15) is 4.79 Å². The quantitative estimate of drug-likeness (QED) is 0.339. The molecule has 122 valence electrons. The predicted molar refractivity (Wildman–Crippen MR) is 96.3 cm³/mol. The molecule has 0 saturated carbocycles. The van der Waals surface area contributed by atoms with Crippen LogP contribution in [0.25, 0.3) is 0 Å². The lowest BCUT2D eigenvalue weighted by Gasteiger charge is -2.20. The number of hydrogen-bond acceptors (Lipinski definition) is 5. The summed E-state index contributed by atoms with van der Waals surface area (Å²) in [5, 5.41) is 3.87. The lowest BCUT2D eigenvalue weighted by molar-refractivity contribution is -0.107. The Hall–Kier alpha value is -1.79. The van der Waals surface area contributed by atoms with Gasteiger partial charge in [0, 0.05) is 12.8 Å². The van der Waals surface area contributed by atoms with Gasteiger partial charge in [0.05, 0.1) is 6.54 Å². The summed E-state index contributed by atoms with van der Waals surface area (Å²) in [6.07, 6.45) is 1.77. The normalized spacial score (nSPS) is 10.4. The van der Waals surface area contributed by atoms with Gasteiger partial charge in [0.2, 0.25) is 6.41 Å². The minimum Gasteiger partial charge on any atom is -0.383 e. The Morgan fingerprint density at radius 2 is 2.04 bits per heavy atom. The molecule has 0 fully saturated rings. The number of carbonyl (C=O) groups is 1. The minimum absolute atomic E-state index is 0.316. The van der Waals surface area contributed by atoms with E-state index < -0.39 is 0 Å². The van der Waals surface area contributed by atoms with E-state index in [-0.39, 0.29) is 0 Å². The number of hydrogen-bond donors (Lipinski definition) is 1. The molecule has 1 aromatic heterocycles. The van der Waals surface area contributed by atoms with Crippen molar-refractivity contribution in [1.82, 2.24) is 9.97 Å². The van der Waals surface area contributed by atoms with Crippen molar-refractivity contribution >= 4 is 41.3 Å². The third-order valence-corrected chi connectivity index (χ3v) is 4.43. The smallest absolute Gasteiger partial charge is 0.215 e. The van der Waals surface area contributed by atoms with Gasteiger partial charge < -0.3 is 5.32 Å². The third kappa shape index (κ3) is 4.59. The van der Waals surface area contributed by atoms with Crippen LogP contribution in [0.5, 0.6) is 0 Å². The van der Waals surface area contributed by atoms with Crippen LogP contribution in [-0.4, -0.2) is 29.2 Å². The first-order valence-corrected chi connectivity index (χ1v) is 8.69. The molecule has 0 atom stereocenters. The van der Waals surface area contributed by atoms with Crippen molar-refractivity contribution in [3.05, 3.63) is 41.0 Å². The first-order chi connectivity index (χ1) is 11.2. The van der Waals surface area contributed by atoms with Crippen LogP contribution in [0, 0.1) is 0 Å². The molecule has 1 amide bonds. The number of nitrogens with zero attached hydrogens (tertiary/aromatic N) is 3. The Bertz CT molecular complexity index is 654. The van der Waals surface area contributed by atoms with Crippen molar-refractivity contribution in [2.24, 2.45) is 0 Å². The molecule has 0 unspecified atom stereocenters. The Kier molecular flexibility index (Phi) is 6.67. The van der Waals surface area contributed by atoms with Crippen molar-refractivity contribution in [3.8, 4) is 0 Å². The van der Waals surface area contributed by atoms with Crippen molar-refractivity contribution < 1.29 is 4.79 Å². The van der Waals surface area contributed by atoms with E-state index in [1.165, 1.54) is 16.7 Å². The highest BCUT2D eigenvalue weighted by Gasteiger charge is 2.18. The van der Waals surface area contributed by atoms with E-state index >= 15 is 0 Å². The van der Waals surface area contributed by atoms with E-state index in [0.717, 1.165) is 24.1 Å². The molecule has 0 aliphatic carbocycles. The van der Waals surface area contributed by atoms with E-state index in [1.54, 1.807) is 7.05 Å². The van der Waals surface area contributed by atoms with Crippen molar-refractivity contribution in [2.45, 2.75) is 25.0 Å². The van der Waals surface area contributed by atoms with Crippen LogP contribution in [0.15, 0.2) is 35.5 Å². The number of halogens is 1. The first kappa shape index (κ1) is 17.6. The van der Waals surface area contributed by atoms with Crippen LogP contribution in [0.2, 0.25) is 5.15 Å². The zero-order valence-electron chi connectivity index (χ0n) is 13.1.